The Morgan fingerprint density at radius 1 is 0.931 bits per heavy atom. The second-order valence-electron chi connectivity index (χ2n) is 6.30. The van der Waals surface area contributed by atoms with Crippen LogP contribution in [-0.4, -0.2) is 16.8 Å². The standard InChI is InChI=1S/C22H20ClN3O2S/c23-19-8-10-20(11-9-19)29-15-17-3-6-18(7-4-17)22(28)26-25-21(27)12-5-16-2-1-13-24-14-16/h1-4,6-11,13-14H,5,12,15H2,(H,25,27)(H,26,28). The van der Waals surface area contributed by atoms with Gasteiger partial charge in [-0.15, -0.1) is 11.8 Å². The van der Waals surface area contributed by atoms with Crippen molar-refractivity contribution >= 4 is 35.2 Å². The molecule has 0 aliphatic heterocycles. The molecule has 0 spiro atoms. The summed E-state index contributed by atoms with van der Waals surface area (Å²) >= 11 is 7.58. The van der Waals surface area contributed by atoms with E-state index in [1.165, 1.54) is 0 Å². The number of hydrogen-bond donors (Lipinski definition) is 2. The first-order chi connectivity index (χ1) is 14.1. The Kier molecular flexibility index (Phi) is 7.67. The van der Waals surface area contributed by atoms with Crippen LogP contribution >= 0.6 is 23.4 Å². The van der Waals surface area contributed by atoms with Gasteiger partial charge in [-0.1, -0.05) is 29.8 Å². The third-order valence-corrected chi connectivity index (χ3v) is 5.45. The summed E-state index contributed by atoms with van der Waals surface area (Å²) in [5.41, 5.74) is 7.45. The Morgan fingerprint density at radius 2 is 1.69 bits per heavy atom. The molecule has 0 aliphatic carbocycles. The summed E-state index contributed by atoms with van der Waals surface area (Å²) in [6.07, 6.45) is 4.24. The number of hydrogen-bond acceptors (Lipinski definition) is 4. The maximum atomic E-state index is 12.2. The van der Waals surface area contributed by atoms with Crippen LogP contribution in [0, 0.1) is 0 Å². The first kappa shape index (κ1) is 20.9. The van der Waals surface area contributed by atoms with Crippen molar-refractivity contribution < 1.29 is 9.59 Å². The number of carbonyl (C=O) groups excluding carboxylic acids is 2. The quantitative estimate of drug-likeness (QED) is 0.434. The summed E-state index contributed by atoms with van der Waals surface area (Å²) in [6, 6.07) is 18.7. The zero-order valence-electron chi connectivity index (χ0n) is 15.6. The molecule has 3 aromatic rings. The molecular formula is C22H20ClN3O2S. The van der Waals surface area contributed by atoms with Gasteiger partial charge in [0.25, 0.3) is 5.91 Å². The summed E-state index contributed by atoms with van der Waals surface area (Å²) in [7, 11) is 0. The number of nitrogens with one attached hydrogen (secondary N) is 2. The molecule has 1 aromatic heterocycles. The minimum Gasteiger partial charge on any atom is -0.273 e. The van der Waals surface area contributed by atoms with Crippen LogP contribution in [0.15, 0.2) is 78.0 Å². The fourth-order valence-electron chi connectivity index (χ4n) is 2.51. The lowest BCUT2D eigenvalue weighted by molar-refractivity contribution is -0.121. The number of carbonyl (C=O) groups is 2. The van der Waals surface area contributed by atoms with Gasteiger partial charge in [0.2, 0.25) is 5.91 Å². The van der Waals surface area contributed by atoms with Gasteiger partial charge < -0.3 is 0 Å². The number of aromatic nitrogens is 1. The highest BCUT2D eigenvalue weighted by Crippen LogP contribution is 2.24. The highest BCUT2D eigenvalue weighted by molar-refractivity contribution is 7.98. The fraction of sp³-hybridized carbons (Fsp3) is 0.136. The molecule has 0 radical (unpaired) electrons. The van der Waals surface area contributed by atoms with Crippen molar-refractivity contribution in [3.63, 3.8) is 0 Å². The van der Waals surface area contributed by atoms with E-state index in [1.54, 1.807) is 36.3 Å². The van der Waals surface area contributed by atoms with E-state index < -0.39 is 0 Å². The molecule has 1 heterocycles. The highest BCUT2D eigenvalue weighted by Gasteiger charge is 2.08. The molecule has 5 nitrogen and oxygen atoms in total. The van der Waals surface area contributed by atoms with E-state index in [0.717, 1.165) is 21.8 Å². The average molecular weight is 426 g/mol. The lowest BCUT2D eigenvalue weighted by Gasteiger charge is -2.08. The molecule has 2 N–H and O–H groups in total. The predicted octanol–water partition coefficient (Wildman–Crippen LogP) is 4.42. The molecule has 0 unspecified atom stereocenters. The van der Waals surface area contributed by atoms with Crippen molar-refractivity contribution in [3.8, 4) is 0 Å². The van der Waals surface area contributed by atoms with Gasteiger partial charge in [0, 0.05) is 40.0 Å². The van der Waals surface area contributed by atoms with Crippen molar-refractivity contribution in [2.24, 2.45) is 0 Å². The summed E-state index contributed by atoms with van der Waals surface area (Å²) in [4.78, 5) is 29.2. The van der Waals surface area contributed by atoms with Crippen molar-refractivity contribution in [2.45, 2.75) is 23.5 Å². The van der Waals surface area contributed by atoms with E-state index in [2.05, 4.69) is 15.8 Å². The SMILES string of the molecule is O=C(CCc1cccnc1)NNC(=O)c1ccc(CSc2ccc(Cl)cc2)cc1. The molecule has 0 bridgehead atoms. The predicted molar refractivity (Wildman–Crippen MR) is 116 cm³/mol. The molecule has 0 atom stereocenters. The van der Waals surface area contributed by atoms with Crippen molar-refractivity contribution in [3.05, 3.63) is 94.8 Å². The average Bonchev–Trinajstić information content (AvgIpc) is 2.76. The van der Waals surface area contributed by atoms with Crippen LogP contribution in [-0.2, 0) is 17.0 Å². The van der Waals surface area contributed by atoms with E-state index >= 15 is 0 Å². The minimum absolute atomic E-state index is 0.252. The molecule has 0 saturated heterocycles. The summed E-state index contributed by atoms with van der Waals surface area (Å²) in [5, 5.41) is 0.717. The van der Waals surface area contributed by atoms with Gasteiger partial charge in [-0.3, -0.25) is 25.4 Å². The van der Waals surface area contributed by atoms with Crippen molar-refractivity contribution in [1.82, 2.24) is 15.8 Å². The Hall–Kier alpha value is -2.83. The Morgan fingerprint density at radius 3 is 2.38 bits per heavy atom. The van der Waals surface area contributed by atoms with Gasteiger partial charge in [-0.25, -0.2) is 0 Å². The molecule has 0 saturated carbocycles. The molecule has 148 valence electrons. The monoisotopic (exact) mass is 425 g/mol. The van der Waals surface area contributed by atoms with Crippen LogP contribution in [0.3, 0.4) is 0 Å². The van der Waals surface area contributed by atoms with E-state index in [0.29, 0.717) is 17.0 Å². The summed E-state index contributed by atoms with van der Waals surface area (Å²) in [5.74, 6) is 0.184. The number of hydrazine groups is 1. The largest absolute Gasteiger partial charge is 0.273 e. The Bertz CT molecular complexity index is 948. The molecule has 0 fully saturated rings. The first-order valence-corrected chi connectivity index (χ1v) is 10.4. The summed E-state index contributed by atoms with van der Waals surface area (Å²) < 4.78 is 0. The second-order valence-corrected chi connectivity index (χ2v) is 7.79. The molecule has 7 heteroatoms. The van der Waals surface area contributed by atoms with Crippen LogP contribution in [0.1, 0.15) is 27.9 Å². The maximum Gasteiger partial charge on any atom is 0.269 e. The third-order valence-electron chi connectivity index (χ3n) is 4.11. The number of pyridine rings is 1. The number of thioether (sulfide) groups is 1. The van der Waals surface area contributed by atoms with Crippen molar-refractivity contribution in [2.75, 3.05) is 0 Å². The van der Waals surface area contributed by atoms with E-state index in [9.17, 15) is 9.59 Å². The molecule has 0 aliphatic rings. The smallest absolute Gasteiger partial charge is 0.269 e. The third kappa shape index (κ3) is 6.93. The van der Waals surface area contributed by atoms with Crippen molar-refractivity contribution in [1.29, 1.82) is 0 Å². The number of rotatable bonds is 7. The van der Waals surface area contributed by atoms with Gasteiger partial charge in [0.1, 0.15) is 0 Å². The fourth-order valence-corrected chi connectivity index (χ4v) is 3.50. The van der Waals surface area contributed by atoms with Crippen LogP contribution in [0.5, 0.6) is 0 Å². The highest BCUT2D eigenvalue weighted by atomic mass is 35.5. The van der Waals surface area contributed by atoms with E-state index in [-0.39, 0.29) is 18.2 Å². The molecule has 3 rings (SSSR count). The van der Waals surface area contributed by atoms with Crippen LogP contribution in [0.2, 0.25) is 5.02 Å². The number of benzene rings is 2. The van der Waals surface area contributed by atoms with E-state index in [4.69, 9.17) is 11.6 Å². The molecule has 2 aromatic carbocycles. The number of halogens is 1. The Labute approximate surface area is 178 Å². The van der Waals surface area contributed by atoms with E-state index in [1.807, 2.05) is 48.5 Å². The summed E-state index contributed by atoms with van der Waals surface area (Å²) in [6.45, 7) is 0. The number of nitrogens with zero attached hydrogens (tertiary/aromatic N) is 1. The van der Waals surface area contributed by atoms with Gasteiger partial charge in [-0.05, 0) is 60.0 Å². The minimum atomic E-state index is -0.350. The van der Waals surface area contributed by atoms with Gasteiger partial charge in [0.15, 0.2) is 0 Å². The second kappa shape index (κ2) is 10.6. The molecule has 2 amide bonds. The molecule has 29 heavy (non-hydrogen) atoms. The number of amides is 2. The maximum absolute atomic E-state index is 12.2. The van der Waals surface area contributed by atoms with Crippen LogP contribution in [0.25, 0.3) is 0 Å². The topological polar surface area (TPSA) is 71.1 Å². The lowest BCUT2D eigenvalue weighted by Crippen LogP contribution is -2.41. The lowest BCUT2D eigenvalue weighted by atomic mass is 10.1. The Balaban J connectivity index is 1.42. The molecular weight excluding hydrogens is 406 g/mol. The van der Waals surface area contributed by atoms with Crippen LogP contribution < -0.4 is 10.9 Å². The zero-order valence-corrected chi connectivity index (χ0v) is 17.2. The van der Waals surface area contributed by atoms with Gasteiger partial charge in [-0.2, -0.15) is 0 Å². The normalized spacial score (nSPS) is 10.4. The van der Waals surface area contributed by atoms with Gasteiger partial charge in [0.05, 0.1) is 0 Å². The zero-order chi connectivity index (χ0) is 20.5. The van der Waals surface area contributed by atoms with Crippen LogP contribution in [0.4, 0.5) is 0 Å². The first-order valence-electron chi connectivity index (χ1n) is 9.05. The number of aryl methyl sites for hydroxylation is 1. The van der Waals surface area contributed by atoms with Gasteiger partial charge >= 0.3 is 0 Å².